The van der Waals surface area contributed by atoms with Crippen LogP contribution in [-0.2, 0) is 0 Å². The Bertz CT molecular complexity index is 3830. The Labute approximate surface area is 372 Å². The van der Waals surface area contributed by atoms with E-state index >= 15 is 0 Å². The van der Waals surface area contributed by atoms with E-state index in [4.69, 9.17) is 18.8 Å². The van der Waals surface area contributed by atoms with Gasteiger partial charge in [-0.05, 0) is 58.9 Å². The second-order valence-corrected chi connectivity index (χ2v) is 20.3. The number of fused-ring (bicyclic) bond motifs is 12. The molecule has 0 radical (unpaired) electrons. The number of aromatic nitrogens is 5. The third-order valence-corrected chi connectivity index (χ3v) is 18.0. The summed E-state index contributed by atoms with van der Waals surface area (Å²) < 4.78 is 19.4. The first-order chi connectivity index (χ1) is 32.3. The molecule has 0 amide bonds. The smallest absolute Gasteiger partial charge is 0.233 e. The van der Waals surface area contributed by atoms with E-state index in [0.29, 0.717) is 0 Å². The Morgan fingerprint density at radius 2 is 0.708 bits per heavy atom. The van der Waals surface area contributed by atoms with Gasteiger partial charge in [0, 0.05) is 61.7 Å². The van der Waals surface area contributed by atoms with Crippen LogP contribution in [0.5, 0.6) is 0 Å². The van der Waals surface area contributed by atoms with Crippen molar-refractivity contribution in [2.45, 2.75) is 0 Å². The highest BCUT2D eigenvalue weighted by Gasteiger charge is 2.49. The molecule has 0 unspecified atom stereocenters. The molecule has 7 aromatic heterocycles. The molecule has 0 aliphatic heterocycles. The van der Waals surface area contributed by atoms with Crippen molar-refractivity contribution in [3.8, 4) is 11.4 Å². The fourth-order valence-corrected chi connectivity index (χ4v) is 15.4. The molecule has 0 atom stereocenters. The van der Waals surface area contributed by atoms with Crippen molar-refractivity contribution in [2.75, 3.05) is 0 Å². The third-order valence-electron chi connectivity index (χ3n) is 13.4. The summed E-state index contributed by atoms with van der Waals surface area (Å²) in [6, 6.07) is 66.4. The minimum absolute atomic E-state index is 0.731. The lowest BCUT2D eigenvalue weighted by molar-refractivity contribution is 0.666. The molecule has 7 heterocycles. The molecule has 0 saturated carbocycles. The number of rotatable bonds is 6. The van der Waals surface area contributed by atoms with E-state index in [0.717, 1.165) is 109 Å². The van der Waals surface area contributed by atoms with Gasteiger partial charge in [0.2, 0.25) is 8.07 Å². The van der Waals surface area contributed by atoms with Crippen LogP contribution in [0.25, 0.3) is 98.9 Å². The zero-order valence-corrected chi connectivity index (χ0v) is 35.8. The first kappa shape index (κ1) is 35.9. The summed E-state index contributed by atoms with van der Waals surface area (Å²) in [7, 11) is -3.53. The lowest BCUT2D eigenvalue weighted by Gasteiger charge is -2.31. The summed E-state index contributed by atoms with van der Waals surface area (Å²) in [4.78, 5) is 15.5. The molecule has 0 aliphatic carbocycles. The number of hydrogen-bond acceptors (Lipinski definition) is 5. The lowest BCUT2D eigenvalue weighted by Crippen LogP contribution is -2.76. The van der Waals surface area contributed by atoms with Crippen LogP contribution in [0, 0.1) is 0 Å². The Balaban J connectivity index is 1.10. The van der Waals surface area contributed by atoms with Gasteiger partial charge >= 0.3 is 0 Å². The Hall–Kier alpha value is -8.59. The average molecular weight is 850 g/mol. The number of pyridine rings is 3. The number of benzene rings is 7. The molecule has 0 N–H and O–H groups in total. The standard InChI is InChI=1S/C57H35N5O2Si/c1-3-15-36(16-4-1)65(37-17-5-2-6-18-37,56-54-44(30-33-59-56)42-22-13-27-49(52(42)63-54)61-46-24-10-7-19-38(46)39-20-8-11-25-47(39)61)57-55-45(31-34-60-57)43-23-14-28-50(53(43)64-55)62-48-26-12-9-21-40(48)41-29-32-58-35-51(41)62/h1-35H. The summed E-state index contributed by atoms with van der Waals surface area (Å²) in [6.07, 6.45) is 7.69. The van der Waals surface area contributed by atoms with E-state index in [1.807, 2.05) is 24.8 Å². The van der Waals surface area contributed by atoms with Crippen LogP contribution in [0.4, 0.5) is 0 Å². The van der Waals surface area contributed by atoms with E-state index in [-0.39, 0.29) is 0 Å². The van der Waals surface area contributed by atoms with Gasteiger partial charge in [-0.25, -0.2) is 0 Å². The molecule has 0 aliphatic rings. The Morgan fingerprint density at radius 3 is 1.20 bits per heavy atom. The molecule has 0 bridgehead atoms. The monoisotopic (exact) mass is 849 g/mol. The molecular formula is C57H35N5O2Si. The Morgan fingerprint density at radius 1 is 0.323 bits per heavy atom. The van der Waals surface area contributed by atoms with Crippen LogP contribution in [-0.4, -0.2) is 32.2 Å². The van der Waals surface area contributed by atoms with Crippen LogP contribution in [0.2, 0.25) is 0 Å². The maximum atomic E-state index is 7.41. The second kappa shape index (κ2) is 13.7. The van der Waals surface area contributed by atoms with Crippen LogP contribution < -0.4 is 21.0 Å². The quantitative estimate of drug-likeness (QED) is 0.156. The molecule has 0 saturated heterocycles. The van der Waals surface area contributed by atoms with Gasteiger partial charge in [0.1, 0.15) is 0 Å². The number of furan rings is 2. The van der Waals surface area contributed by atoms with Crippen molar-refractivity contribution in [1.29, 1.82) is 0 Å². The molecule has 7 nitrogen and oxygen atoms in total. The highest BCUT2D eigenvalue weighted by molar-refractivity contribution is 7.20. The van der Waals surface area contributed by atoms with E-state index in [1.165, 1.54) is 10.8 Å². The topological polar surface area (TPSA) is 74.8 Å². The predicted molar refractivity (Wildman–Crippen MR) is 267 cm³/mol. The second-order valence-electron chi connectivity index (χ2n) is 16.7. The van der Waals surface area contributed by atoms with Crippen molar-refractivity contribution in [3.05, 3.63) is 213 Å². The summed E-state index contributed by atoms with van der Waals surface area (Å²) in [5.74, 6) is 0. The number of para-hydroxylation sites is 5. The number of nitrogens with zero attached hydrogens (tertiary/aromatic N) is 5. The van der Waals surface area contributed by atoms with Crippen LogP contribution in [0.1, 0.15) is 0 Å². The highest BCUT2D eigenvalue weighted by Crippen LogP contribution is 2.40. The fourth-order valence-electron chi connectivity index (χ4n) is 10.8. The summed E-state index contributed by atoms with van der Waals surface area (Å²) in [5, 5.41) is 12.6. The summed E-state index contributed by atoms with van der Waals surface area (Å²) in [5.41, 5.74) is 9.29. The van der Waals surface area contributed by atoms with Crippen molar-refractivity contribution in [3.63, 3.8) is 0 Å². The van der Waals surface area contributed by atoms with E-state index in [2.05, 4.69) is 202 Å². The molecule has 7 aromatic carbocycles. The van der Waals surface area contributed by atoms with Gasteiger partial charge in [-0.15, -0.1) is 0 Å². The Kier molecular flexibility index (Phi) is 7.58. The van der Waals surface area contributed by atoms with E-state index in [9.17, 15) is 0 Å². The van der Waals surface area contributed by atoms with Crippen LogP contribution in [0.3, 0.4) is 0 Å². The van der Waals surface area contributed by atoms with Crippen molar-refractivity contribution in [1.82, 2.24) is 24.1 Å². The van der Waals surface area contributed by atoms with Crippen molar-refractivity contribution in [2.24, 2.45) is 0 Å². The normalized spacial score (nSPS) is 12.3. The van der Waals surface area contributed by atoms with Gasteiger partial charge in [0.15, 0.2) is 22.3 Å². The fraction of sp³-hybridized carbons (Fsp3) is 0. The lowest BCUT2D eigenvalue weighted by atomic mass is 10.1. The first-order valence-corrected chi connectivity index (χ1v) is 23.8. The van der Waals surface area contributed by atoms with Crippen molar-refractivity contribution < 1.29 is 8.83 Å². The van der Waals surface area contributed by atoms with Gasteiger partial charge in [-0.2, -0.15) is 0 Å². The van der Waals surface area contributed by atoms with Gasteiger partial charge in [-0.1, -0.05) is 140 Å². The van der Waals surface area contributed by atoms with Gasteiger partial charge in [0.05, 0.1) is 50.3 Å². The van der Waals surface area contributed by atoms with Gasteiger partial charge in [-0.3, -0.25) is 15.0 Å². The predicted octanol–water partition coefficient (Wildman–Crippen LogP) is 11.2. The first-order valence-electron chi connectivity index (χ1n) is 21.8. The summed E-state index contributed by atoms with van der Waals surface area (Å²) >= 11 is 0. The SMILES string of the molecule is c1ccc([Si](c2ccccc2)(c2nccc3c2oc2c(-n4c5ccccc5c5ccccc54)cccc23)c2nccc3c2oc2c(-n4c5ccccc5c5ccncc54)cccc23)cc1. The summed E-state index contributed by atoms with van der Waals surface area (Å²) in [6.45, 7) is 0. The zero-order valence-electron chi connectivity index (χ0n) is 34.8. The minimum atomic E-state index is -3.53. The van der Waals surface area contributed by atoms with E-state index in [1.54, 1.807) is 0 Å². The molecular weight excluding hydrogens is 815 g/mol. The zero-order chi connectivity index (χ0) is 42.6. The molecule has 65 heavy (non-hydrogen) atoms. The van der Waals surface area contributed by atoms with Crippen LogP contribution in [0.15, 0.2) is 222 Å². The molecule has 14 rings (SSSR count). The minimum Gasteiger partial charge on any atom is -0.452 e. The largest absolute Gasteiger partial charge is 0.452 e. The highest BCUT2D eigenvalue weighted by atomic mass is 28.3. The number of hydrogen-bond donors (Lipinski definition) is 0. The van der Waals surface area contributed by atoms with Crippen molar-refractivity contribution >= 4 is 117 Å². The third kappa shape index (κ3) is 4.91. The van der Waals surface area contributed by atoms with Gasteiger partial charge < -0.3 is 18.0 Å². The average Bonchev–Trinajstić information content (AvgIpc) is 4.14. The van der Waals surface area contributed by atoms with E-state index < -0.39 is 8.07 Å². The maximum Gasteiger partial charge on any atom is 0.233 e. The molecule has 0 fully saturated rings. The maximum absolute atomic E-state index is 7.41. The molecule has 14 aromatic rings. The molecule has 304 valence electrons. The van der Waals surface area contributed by atoms with Gasteiger partial charge in [0.25, 0.3) is 0 Å². The molecule has 8 heteroatoms. The molecule has 0 spiro atoms. The van der Waals surface area contributed by atoms with Crippen LogP contribution >= 0.6 is 0 Å².